The number of carbonyl (C=O) groups excluding carboxylic acids is 1. The van der Waals surface area contributed by atoms with Crippen LogP contribution in [0.25, 0.3) is 0 Å². The van der Waals surface area contributed by atoms with Gasteiger partial charge >= 0.3 is 0 Å². The van der Waals surface area contributed by atoms with E-state index in [-0.39, 0.29) is 11.3 Å². The summed E-state index contributed by atoms with van der Waals surface area (Å²) in [5.74, 6) is 0.236. The Kier molecular flexibility index (Phi) is 2.99. The highest BCUT2D eigenvalue weighted by Crippen LogP contribution is 2.27. The zero-order valence-corrected chi connectivity index (χ0v) is 9.26. The molecular weight excluding hydrogens is 162 g/mol. The van der Waals surface area contributed by atoms with Gasteiger partial charge in [0.2, 0.25) is 5.91 Å². The van der Waals surface area contributed by atoms with Crippen LogP contribution in [0, 0.1) is 5.41 Å². The average Bonchev–Trinajstić information content (AvgIpc) is 1.78. The molecule has 0 spiro atoms. The van der Waals surface area contributed by atoms with Crippen LogP contribution in [0.15, 0.2) is 0 Å². The van der Waals surface area contributed by atoms with Crippen molar-refractivity contribution in [2.45, 2.75) is 53.0 Å². The van der Waals surface area contributed by atoms with E-state index in [1.54, 1.807) is 6.92 Å². The van der Waals surface area contributed by atoms with Crippen LogP contribution in [0.4, 0.5) is 0 Å². The van der Waals surface area contributed by atoms with Gasteiger partial charge in [0.1, 0.15) is 0 Å². The summed E-state index contributed by atoms with van der Waals surface area (Å²) < 4.78 is 0. The smallest absolute Gasteiger partial charge is 0.219 e. The number of amides is 1. The molecule has 13 heavy (non-hydrogen) atoms. The fourth-order valence-corrected chi connectivity index (χ4v) is 1.71. The van der Waals surface area contributed by atoms with Gasteiger partial charge in [0.25, 0.3) is 0 Å². The van der Waals surface area contributed by atoms with Crippen LogP contribution in [-0.4, -0.2) is 23.4 Å². The Hall–Kier alpha value is -0.530. The van der Waals surface area contributed by atoms with E-state index in [0.29, 0.717) is 6.04 Å². The second-order valence-corrected chi connectivity index (χ2v) is 5.29. The van der Waals surface area contributed by atoms with E-state index in [4.69, 9.17) is 0 Å². The summed E-state index contributed by atoms with van der Waals surface area (Å²) in [4.78, 5) is 13.4. The summed E-state index contributed by atoms with van der Waals surface area (Å²) in [7, 11) is 0. The molecule has 0 saturated heterocycles. The van der Waals surface area contributed by atoms with E-state index in [2.05, 4.69) is 20.8 Å². The minimum atomic E-state index is 0.223. The first-order chi connectivity index (χ1) is 5.90. The van der Waals surface area contributed by atoms with Gasteiger partial charge in [-0.25, -0.2) is 0 Å². The highest BCUT2D eigenvalue weighted by Gasteiger charge is 2.29. The molecule has 1 aliphatic rings. The van der Waals surface area contributed by atoms with Crippen LogP contribution in [0.3, 0.4) is 0 Å². The molecule has 2 nitrogen and oxygen atoms in total. The van der Waals surface area contributed by atoms with Crippen molar-refractivity contribution in [3.05, 3.63) is 0 Å². The number of carbonyl (C=O) groups is 1. The maximum atomic E-state index is 11.4. The van der Waals surface area contributed by atoms with Crippen molar-refractivity contribution in [3.63, 3.8) is 0 Å². The molecule has 0 unspecified atom stereocenters. The highest BCUT2D eigenvalue weighted by atomic mass is 16.2. The number of rotatable bonds is 2. The molecular formula is C11H21NO. The minimum Gasteiger partial charge on any atom is -0.339 e. The third kappa shape index (κ3) is 3.02. The second-order valence-electron chi connectivity index (χ2n) is 5.29. The molecule has 2 heteroatoms. The van der Waals surface area contributed by atoms with E-state index in [1.807, 2.05) is 4.90 Å². The molecule has 0 N–H and O–H groups in total. The Labute approximate surface area is 81.3 Å². The SMILES string of the molecule is CC(=O)N(CC(C)(C)C)C1CCC1. The van der Waals surface area contributed by atoms with Crippen LogP contribution in [0.1, 0.15) is 47.0 Å². The highest BCUT2D eigenvalue weighted by molar-refractivity contribution is 5.73. The molecule has 0 heterocycles. The summed E-state index contributed by atoms with van der Waals surface area (Å²) in [6.45, 7) is 9.13. The topological polar surface area (TPSA) is 20.3 Å². The van der Waals surface area contributed by atoms with Crippen LogP contribution in [0.5, 0.6) is 0 Å². The second kappa shape index (κ2) is 3.69. The van der Waals surface area contributed by atoms with Crippen LogP contribution in [0.2, 0.25) is 0 Å². The lowest BCUT2D eigenvalue weighted by Crippen LogP contribution is -2.46. The van der Waals surface area contributed by atoms with Gasteiger partial charge in [0, 0.05) is 19.5 Å². The molecule has 1 fully saturated rings. The van der Waals surface area contributed by atoms with Crippen LogP contribution in [-0.2, 0) is 4.79 Å². The van der Waals surface area contributed by atoms with Gasteiger partial charge in [-0.3, -0.25) is 4.79 Å². The summed E-state index contributed by atoms with van der Waals surface area (Å²) >= 11 is 0. The van der Waals surface area contributed by atoms with E-state index in [9.17, 15) is 4.79 Å². The lowest BCUT2D eigenvalue weighted by Gasteiger charge is -2.40. The molecule has 1 saturated carbocycles. The normalized spacial score (nSPS) is 18.2. The fourth-order valence-electron chi connectivity index (χ4n) is 1.71. The summed E-state index contributed by atoms with van der Waals surface area (Å²) in [6, 6.07) is 0.539. The van der Waals surface area contributed by atoms with Crippen molar-refractivity contribution in [3.8, 4) is 0 Å². The van der Waals surface area contributed by atoms with Gasteiger partial charge in [-0.2, -0.15) is 0 Å². The Morgan fingerprint density at radius 1 is 1.38 bits per heavy atom. The lowest BCUT2D eigenvalue weighted by atomic mass is 9.88. The first-order valence-corrected chi connectivity index (χ1v) is 5.17. The fraction of sp³-hybridized carbons (Fsp3) is 0.909. The zero-order valence-electron chi connectivity index (χ0n) is 9.26. The van der Waals surface area contributed by atoms with Gasteiger partial charge in [0.15, 0.2) is 0 Å². The lowest BCUT2D eigenvalue weighted by molar-refractivity contribution is -0.134. The molecule has 0 radical (unpaired) electrons. The number of hydrogen-bond acceptors (Lipinski definition) is 1. The standard InChI is InChI=1S/C11H21NO/c1-9(13)12(8-11(2,3)4)10-6-5-7-10/h10H,5-8H2,1-4H3. The predicted octanol–water partition coefficient (Wildman–Crippen LogP) is 2.43. The van der Waals surface area contributed by atoms with Crippen LogP contribution >= 0.6 is 0 Å². The molecule has 1 aliphatic carbocycles. The largest absolute Gasteiger partial charge is 0.339 e. The maximum Gasteiger partial charge on any atom is 0.219 e. The van der Waals surface area contributed by atoms with Crippen molar-refractivity contribution in [2.75, 3.05) is 6.54 Å². The minimum absolute atomic E-state index is 0.223. The molecule has 1 amide bonds. The van der Waals surface area contributed by atoms with Crippen molar-refractivity contribution >= 4 is 5.91 Å². The summed E-state index contributed by atoms with van der Waals surface area (Å²) in [5.41, 5.74) is 0.223. The Bertz CT molecular complexity index is 189. The summed E-state index contributed by atoms with van der Waals surface area (Å²) in [5, 5.41) is 0. The summed E-state index contributed by atoms with van der Waals surface area (Å²) in [6.07, 6.45) is 3.70. The molecule has 1 rings (SSSR count). The first-order valence-electron chi connectivity index (χ1n) is 5.17. The molecule has 76 valence electrons. The van der Waals surface area contributed by atoms with Crippen LogP contribution < -0.4 is 0 Å². The van der Waals surface area contributed by atoms with Gasteiger partial charge < -0.3 is 4.90 Å². The Morgan fingerprint density at radius 2 is 1.92 bits per heavy atom. The third-order valence-electron chi connectivity index (χ3n) is 2.56. The van der Waals surface area contributed by atoms with Gasteiger partial charge in [-0.15, -0.1) is 0 Å². The number of nitrogens with zero attached hydrogens (tertiary/aromatic N) is 1. The third-order valence-corrected chi connectivity index (χ3v) is 2.56. The van der Waals surface area contributed by atoms with E-state index in [0.717, 1.165) is 6.54 Å². The average molecular weight is 183 g/mol. The molecule has 0 aromatic heterocycles. The van der Waals surface area contributed by atoms with Gasteiger partial charge in [-0.1, -0.05) is 20.8 Å². The van der Waals surface area contributed by atoms with E-state index < -0.39 is 0 Å². The van der Waals surface area contributed by atoms with E-state index in [1.165, 1.54) is 19.3 Å². The number of hydrogen-bond donors (Lipinski definition) is 0. The van der Waals surface area contributed by atoms with Crippen molar-refractivity contribution in [1.82, 2.24) is 4.90 Å². The monoisotopic (exact) mass is 183 g/mol. The van der Waals surface area contributed by atoms with Crippen molar-refractivity contribution in [1.29, 1.82) is 0 Å². The maximum absolute atomic E-state index is 11.4. The quantitative estimate of drug-likeness (QED) is 0.644. The zero-order chi connectivity index (χ0) is 10.1. The molecule has 0 aliphatic heterocycles. The molecule has 0 aromatic carbocycles. The molecule has 0 atom stereocenters. The Balaban J connectivity index is 2.52. The van der Waals surface area contributed by atoms with Gasteiger partial charge in [0.05, 0.1) is 0 Å². The van der Waals surface area contributed by atoms with Crippen molar-refractivity contribution < 1.29 is 4.79 Å². The van der Waals surface area contributed by atoms with Crippen molar-refractivity contribution in [2.24, 2.45) is 5.41 Å². The molecule has 0 aromatic rings. The van der Waals surface area contributed by atoms with Gasteiger partial charge in [-0.05, 0) is 24.7 Å². The van der Waals surface area contributed by atoms with E-state index >= 15 is 0 Å². The predicted molar refractivity (Wildman–Crippen MR) is 54.5 cm³/mol. The first kappa shape index (κ1) is 10.6. The Morgan fingerprint density at radius 3 is 2.15 bits per heavy atom. The molecule has 0 bridgehead atoms.